The summed E-state index contributed by atoms with van der Waals surface area (Å²) in [4.78, 5) is 6.47. The largest absolute Gasteiger partial charge is 0.282 e. The first kappa shape index (κ1) is 21.1. The average Bonchev–Trinajstić information content (AvgIpc) is 3.13. The Kier molecular flexibility index (Phi) is 5.76. The van der Waals surface area contributed by atoms with E-state index in [0.717, 1.165) is 35.0 Å². The van der Waals surface area contributed by atoms with Crippen molar-refractivity contribution in [3.63, 3.8) is 0 Å². The van der Waals surface area contributed by atoms with Crippen LogP contribution in [0.2, 0.25) is 5.02 Å². The minimum atomic E-state index is -3.70. The van der Waals surface area contributed by atoms with Gasteiger partial charge in [-0.25, -0.2) is 22.2 Å². The molecule has 9 heteroatoms. The molecule has 30 heavy (non-hydrogen) atoms. The van der Waals surface area contributed by atoms with Gasteiger partial charge in [0.1, 0.15) is 16.6 Å². The smallest absolute Gasteiger partial charge is 0.176 e. The lowest BCUT2D eigenvalue weighted by Gasteiger charge is -2.41. The molecular weight excluding hydrogens is 450 g/mol. The SMILES string of the molecule is CS(=O)(=O)C(=C1CN(C(c2ccc(Cl)cc2)c2nccs2)C1)c1cc(F)cc(F)c1. The first-order valence-electron chi connectivity index (χ1n) is 9.00. The van der Waals surface area contributed by atoms with Gasteiger partial charge in [0, 0.05) is 42.0 Å². The molecule has 1 atom stereocenters. The van der Waals surface area contributed by atoms with E-state index >= 15 is 0 Å². The summed E-state index contributed by atoms with van der Waals surface area (Å²) in [5.74, 6) is -1.63. The molecule has 0 spiro atoms. The van der Waals surface area contributed by atoms with Crippen molar-refractivity contribution in [2.75, 3.05) is 19.3 Å². The fourth-order valence-electron chi connectivity index (χ4n) is 3.66. The zero-order valence-corrected chi connectivity index (χ0v) is 18.2. The third kappa shape index (κ3) is 4.32. The van der Waals surface area contributed by atoms with Gasteiger partial charge >= 0.3 is 0 Å². The van der Waals surface area contributed by atoms with Gasteiger partial charge in [-0.3, -0.25) is 4.90 Å². The summed E-state index contributed by atoms with van der Waals surface area (Å²) in [6, 6.07) is 10.1. The minimum Gasteiger partial charge on any atom is -0.282 e. The van der Waals surface area contributed by atoms with Gasteiger partial charge in [-0.1, -0.05) is 23.7 Å². The Morgan fingerprint density at radius 3 is 2.30 bits per heavy atom. The lowest BCUT2D eigenvalue weighted by molar-refractivity contribution is 0.203. The molecule has 0 saturated carbocycles. The molecule has 3 aromatic rings. The number of nitrogens with zero attached hydrogens (tertiary/aromatic N) is 2. The van der Waals surface area contributed by atoms with Gasteiger partial charge in [0.2, 0.25) is 0 Å². The maximum Gasteiger partial charge on any atom is 0.176 e. The van der Waals surface area contributed by atoms with Crippen LogP contribution >= 0.6 is 22.9 Å². The van der Waals surface area contributed by atoms with E-state index in [1.807, 2.05) is 17.5 Å². The summed E-state index contributed by atoms with van der Waals surface area (Å²) in [7, 11) is -3.70. The van der Waals surface area contributed by atoms with Crippen LogP contribution in [0, 0.1) is 11.6 Å². The molecular formula is C21H17ClF2N2O2S2. The predicted molar refractivity (Wildman–Crippen MR) is 115 cm³/mol. The molecule has 156 valence electrons. The maximum absolute atomic E-state index is 13.7. The quantitative estimate of drug-likeness (QED) is 0.534. The maximum atomic E-state index is 13.7. The highest BCUT2D eigenvalue weighted by atomic mass is 35.5. The fraction of sp³-hybridized carbons (Fsp3) is 0.190. The Morgan fingerprint density at radius 1 is 1.13 bits per heavy atom. The second-order valence-electron chi connectivity index (χ2n) is 7.09. The number of rotatable bonds is 5. The number of sulfone groups is 1. The molecule has 0 bridgehead atoms. The van der Waals surface area contributed by atoms with Crippen LogP contribution in [0.5, 0.6) is 0 Å². The lowest BCUT2D eigenvalue weighted by atomic mass is 9.97. The normalized spacial score (nSPS) is 15.7. The van der Waals surface area contributed by atoms with Crippen LogP contribution in [-0.2, 0) is 9.84 Å². The number of likely N-dealkylation sites (tertiary alicyclic amines) is 1. The number of hydrogen-bond acceptors (Lipinski definition) is 5. The van der Waals surface area contributed by atoms with Gasteiger partial charge in [0.25, 0.3) is 0 Å². The van der Waals surface area contributed by atoms with Crippen LogP contribution in [0.4, 0.5) is 8.78 Å². The van der Waals surface area contributed by atoms with Gasteiger partial charge in [0.05, 0.1) is 10.9 Å². The zero-order valence-electron chi connectivity index (χ0n) is 15.8. The molecule has 0 N–H and O–H groups in total. The molecule has 1 fully saturated rings. The number of hydrogen-bond donors (Lipinski definition) is 0. The Hall–Kier alpha value is -2.13. The number of halogens is 3. The van der Waals surface area contributed by atoms with Crippen molar-refractivity contribution in [3.8, 4) is 0 Å². The molecule has 1 aliphatic rings. The number of aromatic nitrogens is 1. The first-order chi connectivity index (χ1) is 14.2. The summed E-state index contributed by atoms with van der Waals surface area (Å²) in [6.07, 6.45) is 2.77. The van der Waals surface area contributed by atoms with Crippen LogP contribution < -0.4 is 0 Å². The molecule has 0 amide bonds. The third-order valence-electron chi connectivity index (χ3n) is 4.84. The Balaban J connectivity index is 1.71. The van der Waals surface area contributed by atoms with Crippen molar-refractivity contribution in [1.82, 2.24) is 9.88 Å². The van der Waals surface area contributed by atoms with E-state index in [4.69, 9.17) is 11.6 Å². The third-order valence-corrected chi connectivity index (χ3v) is 7.19. The Labute approximate surface area is 182 Å². The minimum absolute atomic E-state index is 0.0221. The van der Waals surface area contributed by atoms with Crippen molar-refractivity contribution >= 4 is 37.7 Å². The Morgan fingerprint density at radius 2 is 1.77 bits per heavy atom. The highest BCUT2D eigenvalue weighted by molar-refractivity contribution is 8.00. The molecule has 0 aliphatic carbocycles. The van der Waals surface area contributed by atoms with E-state index < -0.39 is 21.5 Å². The van der Waals surface area contributed by atoms with Gasteiger partial charge in [0.15, 0.2) is 9.84 Å². The Bertz CT molecular complexity index is 1180. The summed E-state index contributed by atoms with van der Waals surface area (Å²) < 4.78 is 52.4. The predicted octanol–water partition coefficient (Wildman–Crippen LogP) is 4.94. The summed E-state index contributed by atoms with van der Waals surface area (Å²) in [5.41, 5.74) is 1.62. The first-order valence-corrected chi connectivity index (χ1v) is 12.1. The molecule has 1 aromatic heterocycles. The van der Waals surface area contributed by atoms with Crippen molar-refractivity contribution in [2.45, 2.75) is 6.04 Å². The second kappa shape index (κ2) is 8.19. The van der Waals surface area contributed by atoms with E-state index in [-0.39, 0.29) is 16.5 Å². The van der Waals surface area contributed by atoms with E-state index in [2.05, 4.69) is 9.88 Å². The van der Waals surface area contributed by atoms with Gasteiger partial charge in [-0.15, -0.1) is 11.3 Å². The molecule has 1 unspecified atom stereocenters. The molecule has 4 nitrogen and oxygen atoms in total. The summed E-state index contributed by atoms with van der Waals surface area (Å²) >= 11 is 7.52. The van der Waals surface area contributed by atoms with Gasteiger partial charge in [-0.05, 0) is 41.0 Å². The van der Waals surface area contributed by atoms with Gasteiger partial charge < -0.3 is 0 Å². The molecule has 1 saturated heterocycles. The molecule has 2 heterocycles. The van der Waals surface area contributed by atoms with E-state index in [1.54, 1.807) is 18.3 Å². The van der Waals surface area contributed by atoms with Crippen LogP contribution in [0.15, 0.2) is 59.6 Å². The topological polar surface area (TPSA) is 50.3 Å². The second-order valence-corrected chi connectivity index (χ2v) is 10.4. The molecule has 4 rings (SSSR count). The summed E-state index contributed by atoms with van der Waals surface area (Å²) in [5, 5.41) is 3.37. The van der Waals surface area contributed by atoms with Crippen LogP contribution in [0.3, 0.4) is 0 Å². The zero-order chi connectivity index (χ0) is 21.5. The van der Waals surface area contributed by atoms with Crippen LogP contribution in [-0.4, -0.2) is 37.6 Å². The lowest BCUT2D eigenvalue weighted by Crippen LogP contribution is -2.44. The van der Waals surface area contributed by atoms with E-state index in [1.165, 1.54) is 11.3 Å². The highest BCUT2D eigenvalue weighted by Crippen LogP contribution is 2.39. The fourth-order valence-corrected chi connectivity index (χ4v) is 5.78. The molecule has 2 aromatic carbocycles. The van der Waals surface area contributed by atoms with E-state index in [9.17, 15) is 17.2 Å². The van der Waals surface area contributed by atoms with Crippen molar-refractivity contribution in [3.05, 3.63) is 92.4 Å². The average molecular weight is 467 g/mol. The van der Waals surface area contributed by atoms with Crippen molar-refractivity contribution in [2.24, 2.45) is 0 Å². The monoisotopic (exact) mass is 466 g/mol. The molecule has 0 radical (unpaired) electrons. The summed E-state index contributed by atoms with van der Waals surface area (Å²) in [6.45, 7) is 0.681. The molecule has 1 aliphatic heterocycles. The van der Waals surface area contributed by atoms with Gasteiger partial charge in [-0.2, -0.15) is 0 Å². The van der Waals surface area contributed by atoms with Crippen molar-refractivity contribution in [1.29, 1.82) is 0 Å². The number of benzene rings is 2. The van der Waals surface area contributed by atoms with Crippen LogP contribution in [0.1, 0.15) is 22.2 Å². The van der Waals surface area contributed by atoms with Crippen LogP contribution in [0.25, 0.3) is 4.91 Å². The van der Waals surface area contributed by atoms with Crippen molar-refractivity contribution < 1.29 is 17.2 Å². The highest BCUT2D eigenvalue weighted by Gasteiger charge is 2.35. The number of thiazole rings is 1. The van der Waals surface area contributed by atoms with E-state index in [0.29, 0.717) is 23.7 Å². The standard InChI is InChI=1S/C21H17ClF2N2O2S2/c1-30(27,28)20(14-8-17(23)10-18(24)9-14)15-11-26(12-15)19(21-25-6-7-29-21)13-2-4-16(22)5-3-13/h2-10,19H,11-12H2,1H3.